The minimum absolute atomic E-state index is 0.00363. The van der Waals surface area contributed by atoms with Gasteiger partial charge in [-0.25, -0.2) is 0 Å². The van der Waals surface area contributed by atoms with Crippen molar-refractivity contribution in [1.29, 1.82) is 10.5 Å². The fourth-order valence-electron chi connectivity index (χ4n) is 33.4. The Labute approximate surface area is 742 Å². The van der Waals surface area contributed by atoms with Gasteiger partial charge in [0.25, 0.3) is 20.2 Å². The van der Waals surface area contributed by atoms with Crippen molar-refractivity contribution in [2.24, 2.45) is 171 Å². The molecule has 54 atom stereocenters. The molecule has 0 N–H and O–H groups in total. The van der Waals surface area contributed by atoms with Gasteiger partial charge in [-0.15, -0.1) is 0 Å². The number of nitriles is 2. The first kappa shape index (κ1) is 81.3. The van der Waals surface area contributed by atoms with Gasteiger partial charge in [-0.05, 0) is 145 Å². The Morgan fingerprint density at radius 3 is 1.28 bits per heavy atom. The lowest BCUT2D eigenvalue weighted by Crippen LogP contribution is -2.44. The number of esters is 13. The molecule has 33 aliphatic rings. The molecule has 0 aromatic rings. The van der Waals surface area contributed by atoms with Gasteiger partial charge in [0.15, 0.2) is 29.1 Å². The van der Waals surface area contributed by atoms with Crippen LogP contribution in [0.1, 0.15) is 136 Å². The fourth-order valence-corrected chi connectivity index (χ4v) is 36.9. The second-order valence-electron chi connectivity index (χ2n) is 44.1. The Morgan fingerprint density at radius 1 is 0.323 bits per heavy atom. The molecule has 130 heavy (non-hydrogen) atoms. The standard InChI is InChI=1S/C17H18O6.C16H18O7S.C16H16O7.C15H16O8S.C9H9NO3.C9H9NO2.C8H10O3/c18-15-8-3-6-2-7(8)14(23-15)13(6)22-16(19)11-5-1-9-10(4-5)21-17(20)12(9)11;17-15(11-5-1-7-9(3-5)21-16(18)12(7)11)22-13-6-2-8-10(4-6)24(19,20)23-14(8)13;17-14-6-3-8-12(13(23-14)11(6)20-8)22-15(18)9-4-1-5-7(2-4)21-16(19)10(5)9;16-14(9-4-1-5-6(2-4)21-15(17)10(5)9)22-11-7-3-8-12(20-7)13(11)23-24(8,18)19;1-4-5-2-9(3-10)7(12-5)6(4)13-8(9)11;10-4-9-3-5-1-6(9)7(2-5)12-8(9)11;1-3-5-2-4-7(10-5)6(3)11-8(4)9/h5-14H,1-4H2;5-14H,1-4H2;4-13H,1-3H2;4-13H,1-3H2;4-7H,2H2,1H3;5-7H,1-3H2;3-7H,2H2,1H3. The summed E-state index contributed by atoms with van der Waals surface area (Å²) >= 11 is 0. The second kappa shape index (κ2) is 27.5. The lowest BCUT2D eigenvalue weighted by Gasteiger charge is -2.29. The van der Waals surface area contributed by atoms with Crippen LogP contribution < -0.4 is 0 Å². The molecular weight excluding hydrogens is 1750 g/mol. The maximum Gasteiger partial charge on any atom is 0.329 e. The van der Waals surface area contributed by atoms with E-state index in [-0.39, 0.29) is 281 Å². The zero-order chi connectivity index (χ0) is 88.8. The molecule has 40 heteroatoms. The van der Waals surface area contributed by atoms with Crippen molar-refractivity contribution in [3.8, 4) is 12.1 Å². The van der Waals surface area contributed by atoms with E-state index >= 15 is 0 Å². The average molecular weight is 1850 g/mol. The summed E-state index contributed by atoms with van der Waals surface area (Å²) in [4.78, 5) is 157. The van der Waals surface area contributed by atoms with E-state index < -0.39 is 120 Å². The van der Waals surface area contributed by atoms with Gasteiger partial charge in [0.05, 0.1) is 107 Å². The highest BCUT2D eigenvalue weighted by Crippen LogP contribution is 2.67. The molecule has 38 nitrogen and oxygen atoms in total. The highest BCUT2D eigenvalue weighted by atomic mass is 32.2. The van der Waals surface area contributed by atoms with Crippen LogP contribution in [0.3, 0.4) is 0 Å². The predicted molar refractivity (Wildman–Crippen MR) is 408 cm³/mol. The van der Waals surface area contributed by atoms with Gasteiger partial charge in [-0.1, -0.05) is 13.8 Å². The van der Waals surface area contributed by atoms with Crippen LogP contribution in [-0.2, 0) is 171 Å². The summed E-state index contributed by atoms with van der Waals surface area (Å²) < 4.78 is 151. The van der Waals surface area contributed by atoms with Crippen LogP contribution >= 0.6 is 0 Å². The summed E-state index contributed by atoms with van der Waals surface area (Å²) in [5, 5.41) is 16.9. The number of rotatable bonds is 8. The zero-order valence-electron chi connectivity index (χ0n) is 70.4. The third kappa shape index (κ3) is 10.9. The second-order valence-corrected chi connectivity index (χ2v) is 47.6. The van der Waals surface area contributed by atoms with Crippen LogP contribution in [0.15, 0.2) is 0 Å². The minimum Gasteiger partial charge on any atom is -0.462 e. The molecule has 0 spiro atoms. The van der Waals surface area contributed by atoms with Crippen molar-refractivity contribution in [2.45, 2.75) is 287 Å². The largest absolute Gasteiger partial charge is 0.462 e. The Hall–Kier alpha value is -8.25. The van der Waals surface area contributed by atoms with Crippen LogP contribution in [0, 0.1) is 193 Å². The molecular formula is C90H96N2O36S2. The van der Waals surface area contributed by atoms with Crippen molar-refractivity contribution in [2.75, 3.05) is 0 Å². The highest BCUT2D eigenvalue weighted by molar-refractivity contribution is 7.88. The molecule has 14 aliphatic carbocycles. The van der Waals surface area contributed by atoms with E-state index in [9.17, 15) is 79.2 Å². The SMILES string of the molecule is CC1C2CC3(C#N)C(=O)OC1C3O2.CC1C2CC3C(=O)OC1C3O2.N#CC12CC3CC(OC1=O)C2C3.O=C(OC1C2CC3C(O2)C1OS3(=O)=O)C1C2CC3OC(=O)C1C3C2.O=C(OC1C2CC3C1OS(=O)(=O)C3C2)C1C2CC3OC(=O)C1C3C2.O=C1OC2C(OC(=O)C3C4CC5OC(=O)C3C5C4)C3CC1C2O3.O=C1OC2C3CC(CC13)C2OC(=O)C1C2CC3OC(=O)C1C3C2. The lowest BCUT2D eigenvalue weighted by atomic mass is 9.73. The van der Waals surface area contributed by atoms with Gasteiger partial charge in [-0.3, -0.25) is 70.7 Å². The summed E-state index contributed by atoms with van der Waals surface area (Å²) in [6, 6.07) is 4.25. The molecule has 19 aliphatic heterocycles. The molecule has 694 valence electrons. The Kier molecular flexibility index (Phi) is 17.2. The van der Waals surface area contributed by atoms with Crippen LogP contribution in [0.5, 0.6) is 0 Å². The number of fused-ring (bicyclic) bond motifs is 11. The maximum absolute atomic E-state index is 12.8. The van der Waals surface area contributed by atoms with E-state index in [4.69, 9.17) is 99.4 Å². The summed E-state index contributed by atoms with van der Waals surface area (Å²) in [5.74, 6) is -3.35. The molecule has 0 aromatic carbocycles. The van der Waals surface area contributed by atoms with Gasteiger partial charge in [-0.2, -0.15) is 27.4 Å². The van der Waals surface area contributed by atoms with E-state index in [1.54, 1.807) is 0 Å². The topological polar surface area (TPSA) is 513 Å². The molecule has 0 amide bonds. The van der Waals surface area contributed by atoms with E-state index in [0.717, 1.165) is 96.3 Å². The maximum atomic E-state index is 12.8. The minimum atomic E-state index is -3.64. The third-order valence-corrected chi connectivity index (χ3v) is 42.3. The smallest absolute Gasteiger partial charge is 0.329 e. The molecule has 19 saturated heterocycles. The molecule has 54 unspecified atom stereocenters. The molecule has 33 fully saturated rings. The number of nitrogens with zero attached hydrogens (tertiary/aromatic N) is 2. The van der Waals surface area contributed by atoms with Crippen LogP contribution in [-0.4, -0.2) is 245 Å². The van der Waals surface area contributed by atoms with Gasteiger partial charge in [0.1, 0.15) is 103 Å². The Morgan fingerprint density at radius 2 is 0.754 bits per heavy atom. The number of hydrogen-bond acceptors (Lipinski definition) is 38. The normalized spacial score (nSPS) is 57.0. The van der Waals surface area contributed by atoms with Crippen molar-refractivity contribution >= 4 is 97.8 Å². The first-order chi connectivity index (χ1) is 62.3. The van der Waals surface area contributed by atoms with E-state index in [1.807, 2.05) is 6.92 Å². The first-order valence-corrected chi connectivity index (χ1v) is 50.2. The quantitative estimate of drug-likeness (QED) is 0.189. The number of ether oxygens (including phenoxy) is 17. The molecule has 33 rings (SSSR count). The monoisotopic (exact) mass is 1840 g/mol. The predicted octanol–water partition coefficient (Wildman–Crippen LogP) is 1.50. The number of carbonyl (C=O) groups excluding carboxylic acids is 13. The van der Waals surface area contributed by atoms with Crippen molar-refractivity contribution in [1.82, 2.24) is 0 Å². The van der Waals surface area contributed by atoms with E-state index in [2.05, 4.69) is 19.1 Å². The molecule has 0 aromatic heterocycles. The molecule has 19 heterocycles. The molecule has 14 saturated carbocycles. The van der Waals surface area contributed by atoms with Crippen LogP contribution in [0.2, 0.25) is 0 Å². The number of hydrogen-bond donors (Lipinski definition) is 0. The van der Waals surface area contributed by atoms with Crippen molar-refractivity contribution in [3.05, 3.63) is 0 Å². The first-order valence-electron chi connectivity index (χ1n) is 47.3. The van der Waals surface area contributed by atoms with Gasteiger partial charge in [0.2, 0.25) is 0 Å². The molecule has 22 bridgehead atoms. The molecule has 0 radical (unpaired) electrons. The third-order valence-electron chi connectivity index (χ3n) is 38.8. The zero-order valence-corrected chi connectivity index (χ0v) is 72.0. The van der Waals surface area contributed by atoms with Crippen LogP contribution in [0.4, 0.5) is 0 Å². The van der Waals surface area contributed by atoms with Gasteiger partial charge in [0, 0.05) is 71.5 Å². The van der Waals surface area contributed by atoms with Gasteiger partial charge < -0.3 is 80.5 Å². The van der Waals surface area contributed by atoms with E-state index in [0.29, 0.717) is 43.6 Å². The Bertz CT molecular complexity index is 5210. The lowest BCUT2D eigenvalue weighted by molar-refractivity contribution is -0.169. The van der Waals surface area contributed by atoms with Crippen LogP contribution in [0.25, 0.3) is 0 Å². The van der Waals surface area contributed by atoms with E-state index in [1.165, 1.54) is 0 Å². The fraction of sp³-hybridized carbons (Fsp3) is 0.833. The summed E-state index contributed by atoms with van der Waals surface area (Å²) in [7, 11) is -7.15. The summed E-state index contributed by atoms with van der Waals surface area (Å²) in [6.45, 7) is 4.11. The van der Waals surface area contributed by atoms with Crippen molar-refractivity contribution in [3.63, 3.8) is 0 Å². The number of carbonyl (C=O) groups is 13. The summed E-state index contributed by atoms with van der Waals surface area (Å²) in [6.07, 6.45) is 9.07. The average Bonchev–Trinajstić information content (AvgIpc) is 1.53. The Balaban J connectivity index is 0.0000000795. The highest BCUT2D eigenvalue weighted by Gasteiger charge is 2.77. The van der Waals surface area contributed by atoms with Gasteiger partial charge >= 0.3 is 77.6 Å². The summed E-state index contributed by atoms with van der Waals surface area (Å²) in [5.41, 5.74) is -1.70. The van der Waals surface area contributed by atoms with Crippen molar-refractivity contribution < 1.29 is 168 Å².